The van der Waals surface area contributed by atoms with Crippen LogP contribution in [0, 0.1) is 0 Å². The number of carbonyl (C=O) groups excluding carboxylic acids is 3. The number of benzene rings is 1. The number of anilines is 1. The third kappa shape index (κ3) is 5.23. The maximum absolute atomic E-state index is 12.0. The summed E-state index contributed by atoms with van der Waals surface area (Å²) >= 11 is 0. The Bertz CT molecular complexity index is 531. The lowest BCUT2D eigenvalue weighted by Gasteiger charge is -2.14. The molecular weight excluding hydrogens is 272 g/mol. The molecule has 0 bridgehead atoms. The molecule has 1 aromatic carbocycles. The van der Waals surface area contributed by atoms with Crippen LogP contribution in [0.3, 0.4) is 0 Å². The SMILES string of the molecule is CCCNC(=O)c1ccccc1NC(=O)C(N)CC(N)=O. The zero-order chi connectivity index (χ0) is 15.8. The number of primary amides is 1. The van der Waals surface area contributed by atoms with Crippen molar-refractivity contribution < 1.29 is 14.4 Å². The van der Waals surface area contributed by atoms with Crippen LogP contribution in [0.25, 0.3) is 0 Å². The summed E-state index contributed by atoms with van der Waals surface area (Å²) in [7, 11) is 0. The van der Waals surface area contributed by atoms with Crippen LogP contribution in [0.4, 0.5) is 5.69 Å². The van der Waals surface area contributed by atoms with Crippen LogP contribution in [-0.4, -0.2) is 30.3 Å². The molecule has 0 aliphatic carbocycles. The maximum Gasteiger partial charge on any atom is 0.253 e. The lowest BCUT2D eigenvalue weighted by atomic mass is 10.1. The molecule has 0 radical (unpaired) electrons. The standard InChI is InChI=1S/C14H20N4O3/c1-2-7-17-13(20)9-5-3-4-6-11(9)18-14(21)10(15)8-12(16)19/h3-6,10H,2,7-8,15H2,1H3,(H2,16,19)(H,17,20)(H,18,21). The van der Waals surface area contributed by atoms with Crippen molar-refractivity contribution in [1.82, 2.24) is 5.32 Å². The van der Waals surface area contributed by atoms with Crippen molar-refractivity contribution in [2.24, 2.45) is 11.5 Å². The van der Waals surface area contributed by atoms with Crippen molar-refractivity contribution in [2.75, 3.05) is 11.9 Å². The Kier molecular flexibility index (Phi) is 6.35. The Morgan fingerprint density at radius 2 is 1.90 bits per heavy atom. The molecule has 0 fully saturated rings. The van der Waals surface area contributed by atoms with E-state index in [9.17, 15) is 14.4 Å². The summed E-state index contributed by atoms with van der Waals surface area (Å²) in [4.78, 5) is 34.6. The van der Waals surface area contributed by atoms with Gasteiger partial charge in [-0.2, -0.15) is 0 Å². The third-order valence-corrected chi connectivity index (χ3v) is 2.72. The van der Waals surface area contributed by atoms with Crippen molar-refractivity contribution in [3.63, 3.8) is 0 Å². The van der Waals surface area contributed by atoms with E-state index in [4.69, 9.17) is 11.5 Å². The van der Waals surface area contributed by atoms with Gasteiger partial charge in [0, 0.05) is 6.54 Å². The highest BCUT2D eigenvalue weighted by atomic mass is 16.2. The van der Waals surface area contributed by atoms with Gasteiger partial charge in [0.05, 0.1) is 23.7 Å². The number of nitrogens with one attached hydrogen (secondary N) is 2. The van der Waals surface area contributed by atoms with Gasteiger partial charge < -0.3 is 22.1 Å². The van der Waals surface area contributed by atoms with Crippen LogP contribution >= 0.6 is 0 Å². The largest absolute Gasteiger partial charge is 0.370 e. The minimum absolute atomic E-state index is 0.254. The molecule has 1 unspecified atom stereocenters. The predicted molar refractivity (Wildman–Crippen MR) is 79.5 cm³/mol. The average molecular weight is 292 g/mol. The van der Waals surface area contributed by atoms with E-state index in [2.05, 4.69) is 10.6 Å². The molecule has 3 amide bonds. The van der Waals surface area contributed by atoms with E-state index < -0.39 is 17.9 Å². The van der Waals surface area contributed by atoms with Crippen LogP contribution < -0.4 is 22.1 Å². The summed E-state index contributed by atoms with van der Waals surface area (Å²) in [6, 6.07) is 5.52. The molecule has 7 nitrogen and oxygen atoms in total. The summed E-state index contributed by atoms with van der Waals surface area (Å²) in [6.45, 7) is 2.49. The van der Waals surface area contributed by atoms with Crippen LogP contribution in [0.1, 0.15) is 30.1 Å². The molecule has 114 valence electrons. The monoisotopic (exact) mass is 292 g/mol. The first-order chi connectivity index (χ1) is 9.95. The molecule has 0 aliphatic heterocycles. The van der Waals surface area contributed by atoms with Crippen LogP contribution in [0.2, 0.25) is 0 Å². The summed E-state index contributed by atoms with van der Waals surface area (Å²) < 4.78 is 0. The van der Waals surface area contributed by atoms with Gasteiger partial charge in [0.25, 0.3) is 5.91 Å². The normalized spacial score (nSPS) is 11.5. The van der Waals surface area contributed by atoms with Gasteiger partial charge in [0.1, 0.15) is 0 Å². The first-order valence-electron chi connectivity index (χ1n) is 6.67. The molecule has 0 heterocycles. The van der Waals surface area contributed by atoms with Crippen LogP contribution in [-0.2, 0) is 9.59 Å². The van der Waals surface area contributed by atoms with Gasteiger partial charge in [-0.25, -0.2) is 0 Å². The minimum Gasteiger partial charge on any atom is -0.370 e. The Hall–Kier alpha value is -2.41. The minimum atomic E-state index is -1.05. The van der Waals surface area contributed by atoms with E-state index in [-0.39, 0.29) is 12.3 Å². The molecule has 0 saturated heterocycles. The number of hydrogen-bond donors (Lipinski definition) is 4. The topological polar surface area (TPSA) is 127 Å². The van der Waals surface area contributed by atoms with Crippen molar-refractivity contribution in [2.45, 2.75) is 25.8 Å². The second-order valence-electron chi connectivity index (χ2n) is 4.57. The number of rotatable bonds is 7. The number of carbonyl (C=O) groups is 3. The first kappa shape index (κ1) is 16.6. The highest BCUT2D eigenvalue weighted by Gasteiger charge is 2.18. The van der Waals surface area contributed by atoms with Gasteiger partial charge in [0.15, 0.2) is 0 Å². The second-order valence-corrected chi connectivity index (χ2v) is 4.57. The quantitative estimate of drug-likeness (QED) is 0.562. The van der Waals surface area contributed by atoms with Crippen molar-refractivity contribution >= 4 is 23.4 Å². The fourth-order valence-electron chi connectivity index (χ4n) is 1.66. The summed E-state index contributed by atoms with van der Waals surface area (Å²) in [5, 5.41) is 5.27. The number of amides is 3. The Balaban J connectivity index is 2.81. The van der Waals surface area contributed by atoms with E-state index in [1.807, 2.05) is 6.92 Å². The smallest absolute Gasteiger partial charge is 0.253 e. The third-order valence-electron chi connectivity index (χ3n) is 2.72. The highest BCUT2D eigenvalue weighted by Crippen LogP contribution is 2.15. The average Bonchev–Trinajstić information content (AvgIpc) is 2.44. The van der Waals surface area contributed by atoms with E-state index in [1.54, 1.807) is 24.3 Å². The van der Waals surface area contributed by atoms with Gasteiger partial charge in [-0.05, 0) is 18.6 Å². The molecule has 1 rings (SSSR count). The molecule has 0 spiro atoms. The number of hydrogen-bond acceptors (Lipinski definition) is 4. The zero-order valence-electron chi connectivity index (χ0n) is 11.9. The maximum atomic E-state index is 12.0. The zero-order valence-corrected chi connectivity index (χ0v) is 11.9. The number of nitrogens with two attached hydrogens (primary N) is 2. The fourth-order valence-corrected chi connectivity index (χ4v) is 1.66. The molecule has 21 heavy (non-hydrogen) atoms. The van der Waals surface area contributed by atoms with E-state index in [0.717, 1.165) is 6.42 Å². The molecule has 1 aromatic rings. The van der Waals surface area contributed by atoms with E-state index in [1.165, 1.54) is 0 Å². The molecule has 1 atom stereocenters. The van der Waals surface area contributed by atoms with E-state index >= 15 is 0 Å². The highest BCUT2D eigenvalue weighted by molar-refractivity contribution is 6.05. The fraction of sp³-hybridized carbons (Fsp3) is 0.357. The van der Waals surface area contributed by atoms with Crippen molar-refractivity contribution in [3.8, 4) is 0 Å². The number of para-hydroxylation sites is 1. The van der Waals surface area contributed by atoms with Gasteiger partial charge in [0.2, 0.25) is 11.8 Å². The molecule has 0 saturated carbocycles. The van der Waals surface area contributed by atoms with Gasteiger partial charge in [-0.3, -0.25) is 14.4 Å². The van der Waals surface area contributed by atoms with E-state index in [0.29, 0.717) is 17.8 Å². The molecular formula is C14H20N4O3. The summed E-state index contributed by atoms with van der Waals surface area (Å²) in [5.74, 6) is -1.51. The van der Waals surface area contributed by atoms with Crippen molar-refractivity contribution in [3.05, 3.63) is 29.8 Å². The second kappa shape index (κ2) is 8.01. The molecule has 7 heteroatoms. The van der Waals surface area contributed by atoms with Gasteiger partial charge in [-0.15, -0.1) is 0 Å². The van der Waals surface area contributed by atoms with Crippen LogP contribution in [0.5, 0.6) is 0 Å². The Morgan fingerprint density at radius 1 is 1.24 bits per heavy atom. The summed E-state index contributed by atoms with van der Waals surface area (Å²) in [5.41, 5.74) is 11.2. The molecule has 0 aliphatic rings. The first-order valence-corrected chi connectivity index (χ1v) is 6.67. The lowest BCUT2D eigenvalue weighted by molar-refractivity contribution is -0.123. The summed E-state index contributed by atoms with van der Waals surface area (Å²) in [6.07, 6.45) is 0.555. The molecule has 6 N–H and O–H groups in total. The Labute approximate surface area is 123 Å². The van der Waals surface area contributed by atoms with Gasteiger partial charge >= 0.3 is 0 Å². The van der Waals surface area contributed by atoms with Crippen LogP contribution in [0.15, 0.2) is 24.3 Å². The molecule has 0 aromatic heterocycles. The lowest BCUT2D eigenvalue weighted by Crippen LogP contribution is -2.39. The van der Waals surface area contributed by atoms with Gasteiger partial charge in [-0.1, -0.05) is 19.1 Å². The van der Waals surface area contributed by atoms with Crippen molar-refractivity contribution in [1.29, 1.82) is 0 Å². The Morgan fingerprint density at radius 3 is 2.52 bits per heavy atom. The predicted octanol–water partition coefficient (Wildman–Crippen LogP) is -0.0324.